The van der Waals surface area contributed by atoms with Crippen molar-refractivity contribution in [3.63, 3.8) is 0 Å². The van der Waals surface area contributed by atoms with Gasteiger partial charge in [-0.25, -0.2) is 19.2 Å². The normalized spacial score (nSPS) is 23.8. The fourth-order valence-corrected chi connectivity index (χ4v) is 8.38. The molecule has 1 radical (unpaired) electrons. The number of likely N-dealkylation sites (tertiary alicyclic amines) is 3. The summed E-state index contributed by atoms with van der Waals surface area (Å²) in [6.07, 6.45) is 2.14. The number of phenols is 1. The van der Waals surface area contributed by atoms with Crippen LogP contribution in [0.4, 0.5) is 15.3 Å². The number of urea groups is 1. The van der Waals surface area contributed by atoms with Gasteiger partial charge < -0.3 is 40.1 Å². The highest BCUT2D eigenvalue weighted by Crippen LogP contribution is 2.30. The maximum atomic E-state index is 14.2. The van der Waals surface area contributed by atoms with E-state index in [0.717, 1.165) is 24.1 Å². The van der Waals surface area contributed by atoms with Gasteiger partial charge in [0.1, 0.15) is 24.4 Å². The van der Waals surface area contributed by atoms with E-state index in [2.05, 4.69) is 21.2 Å². The van der Waals surface area contributed by atoms with E-state index in [9.17, 15) is 39.3 Å². The summed E-state index contributed by atoms with van der Waals surface area (Å²) in [6.45, 7) is 1.76. The van der Waals surface area contributed by atoms with Crippen LogP contribution in [-0.4, -0.2) is 123 Å². The first-order valence-corrected chi connectivity index (χ1v) is 18.4. The maximum absolute atomic E-state index is 14.2. The number of hydrogen-bond donors (Lipinski definition) is 4. The topological polar surface area (TPSA) is 183 Å². The van der Waals surface area contributed by atoms with E-state index in [1.54, 1.807) is 12.1 Å². The molecule has 4 N–H and O–H groups in total. The highest BCUT2D eigenvalue weighted by molar-refractivity contribution is 9.10. The Labute approximate surface area is 304 Å². The van der Waals surface area contributed by atoms with Crippen LogP contribution in [0.15, 0.2) is 46.9 Å². The van der Waals surface area contributed by atoms with Gasteiger partial charge in [0.25, 0.3) is 5.91 Å². The van der Waals surface area contributed by atoms with Crippen molar-refractivity contribution in [2.45, 2.75) is 88.1 Å². The van der Waals surface area contributed by atoms with Gasteiger partial charge in [-0.15, -0.1) is 0 Å². The molecule has 14 nitrogen and oxygen atoms in total. The second kappa shape index (κ2) is 15.9. The number of nitrogens with zero attached hydrogens (tertiary/aromatic N) is 4. The summed E-state index contributed by atoms with van der Waals surface area (Å²) in [5, 5.41) is 33.1. The number of aromatic hydroxyl groups is 1. The second-order valence-electron chi connectivity index (χ2n) is 13.8. The summed E-state index contributed by atoms with van der Waals surface area (Å²) in [5.41, 5.74) is 2.45. The van der Waals surface area contributed by atoms with Crippen LogP contribution in [0.2, 0.25) is 0 Å². The van der Waals surface area contributed by atoms with Gasteiger partial charge in [0.15, 0.2) is 6.10 Å². The van der Waals surface area contributed by atoms with Crippen molar-refractivity contribution in [2.75, 3.05) is 38.0 Å². The smallest absolute Gasteiger partial charge is 0.410 e. The molecule has 0 aliphatic carbocycles. The summed E-state index contributed by atoms with van der Waals surface area (Å²) < 4.78 is 6.29. The van der Waals surface area contributed by atoms with Gasteiger partial charge in [0.2, 0.25) is 6.04 Å². The molecule has 4 heterocycles. The zero-order valence-electron chi connectivity index (χ0n) is 28.3. The number of amides is 4. The molecule has 4 amide bonds. The molecule has 3 fully saturated rings. The molecule has 2 aromatic carbocycles. The van der Waals surface area contributed by atoms with E-state index in [1.807, 2.05) is 34.1 Å². The maximum Gasteiger partial charge on any atom is 0.410 e. The summed E-state index contributed by atoms with van der Waals surface area (Å²) in [7, 11) is 0. The number of aliphatic carboxylic acids is 2. The van der Waals surface area contributed by atoms with Crippen molar-refractivity contribution in [3.8, 4) is 5.75 Å². The van der Waals surface area contributed by atoms with Crippen molar-refractivity contribution in [3.05, 3.63) is 58.1 Å². The highest BCUT2D eigenvalue weighted by Gasteiger charge is 2.49. The molecule has 6 rings (SSSR count). The number of piperidine rings is 3. The number of hydrogen-bond acceptors (Lipinski definition) is 8. The highest BCUT2D eigenvalue weighted by atomic mass is 79.9. The first-order valence-electron chi connectivity index (χ1n) is 17.6. The Hall–Kier alpha value is -4.37. The number of para-hydroxylation sites is 1. The first kappa shape index (κ1) is 36.4. The number of phenolic OH excluding ortho intramolecular Hbond substituents is 1. The fourth-order valence-electron chi connectivity index (χ4n) is 7.95. The minimum atomic E-state index is -1.36. The third kappa shape index (κ3) is 8.25. The van der Waals surface area contributed by atoms with Crippen molar-refractivity contribution in [1.82, 2.24) is 19.6 Å². The predicted octanol–water partition coefficient (Wildman–Crippen LogP) is 3.98. The van der Waals surface area contributed by atoms with Crippen LogP contribution in [-0.2, 0) is 32.0 Å². The van der Waals surface area contributed by atoms with Crippen molar-refractivity contribution in [2.24, 2.45) is 0 Å². The van der Waals surface area contributed by atoms with E-state index < -0.39 is 42.1 Å². The van der Waals surface area contributed by atoms with E-state index in [1.165, 1.54) is 15.9 Å². The van der Waals surface area contributed by atoms with Crippen molar-refractivity contribution < 1.29 is 44.0 Å². The van der Waals surface area contributed by atoms with Crippen molar-refractivity contribution in [1.29, 1.82) is 0 Å². The number of nitrogens with one attached hydrogen (secondary N) is 1. The zero-order chi connectivity index (χ0) is 36.2. The second-order valence-corrected chi connectivity index (χ2v) is 14.6. The third-order valence-corrected chi connectivity index (χ3v) is 11.3. The lowest BCUT2D eigenvalue weighted by molar-refractivity contribution is -0.158. The number of rotatable bonds is 8. The van der Waals surface area contributed by atoms with Crippen LogP contribution in [0.3, 0.4) is 0 Å². The number of carboxylic acid groups (broad SMARTS) is 2. The van der Waals surface area contributed by atoms with Gasteiger partial charge in [-0.2, -0.15) is 4.90 Å². The summed E-state index contributed by atoms with van der Waals surface area (Å²) in [4.78, 5) is 72.0. The predicted molar refractivity (Wildman–Crippen MR) is 189 cm³/mol. The summed E-state index contributed by atoms with van der Waals surface area (Å²) >= 11 is 3.29. The van der Waals surface area contributed by atoms with Crippen LogP contribution in [0.5, 0.6) is 5.75 Å². The van der Waals surface area contributed by atoms with Crippen molar-refractivity contribution >= 4 is 51.6 Å². The molecule has 273 valence electrons. The molecule has 0 aromatic heterocycles. The van der Waals surface area contributed by atoms with Crippen LogP contribution in [0.1, 0.15) is 56.1 Å². The molecule has 0 bridgehead atoms. The fraction of sp³-hybridized carbons (Fsp3) is 0.528. The Kier molecular flexibility index (Phi) is 11.3. The number of anilines is 1. The van der Waals surface area contributed by atoms with Crippen LogP contribution in [0.25, 0.3) is 0 Å². The summed E-state index contributed by atoms with van der Waals surface area (Å²) in [5.74, 6) is -2.80. The van der Waals surface area contributed by atoms with Gasteiger partial charge in [-0.1, -0.05) is 24.3 Å². The Morgan fingerprint density at radius 2 is 1.73 bits per heavy atom. The molecule has 3 saturated heterocycles. The van der Waals surface area contributed by atoms with Gasteiger partial charge in [0.05, 0.1) is 4.47 Å². The molecule has 0 saturated carbocycles. The Balaban J connectivity index is 1.14. The van der Waals surface area contributed by atoms with E-state index in [0.29, 0.717) is 68.3 Å². The zero-order valence-corrected chi connectivity index (χ0v) is 29.9. The molecule has 2 aromatic rings. The lowest BCUT2D eigenvalue weighted by Gasteiger charge is -2.41. The minimum absolute atomic E-state index is 0.00569. The molecule has 4 aliphatic rings. The van der Waals surface area contributed by atoms with Gasteiger partial charge in [0, 0.05) is 70.0 Å². The molecular formula is C36H44BrN5O9+. The van der Waals surface area contributed by atoms with E-state index >= 15 is 0 Å². The average molecular weight is 771 g/mol. The van der Waals surface area contributed by atoms with Gasteiger partial charge >= 0.3 is 24.1 Å². The van der Waals surface area contributed by atoms with Gasteiger partial charge in [-0.3, -0.25) is 4.79 Å². The molecule has 3 unspecified atom stereocenters. The number of carbonyl (C=O) groups excluding carboxylic acids is 3. The lowest BCUT2D eigenvalue weighted by atomic mass is 9.90. The van der Waals surface area contributed by atoms with E-state index in [-0.39, 0.29) is 43.3 Å². The number of ether oxygens (including phenoxy) is 1. The van der Waals surface area contributed by atoms with Crippen LogP contribution < -0.4 is 10.2 Å². The SMILES string of the molecule is O=C(O)C1CC([N+]2CCCCC2C(=O)O)CCN1C(=O)[C@@H](Cc1ccc(O)c(Br)c1)OC(=O)N1CCC(N2CCc3ccccc3NC2=O)CC1. The number of benzene rings is 2. The molecule has 4 atom stereocenters. The quantitative estimate of drug-likeness (QED) is 0.289. The number of fused-ring (bicyclic) bond motifs is 1. The number of halogens is 1. The molecule has 4 aliphatic heterocycles. The molecule has 0 spiro atoms. The standard InChI is InChI=1S/C36H44BrN5O9/c37-26-19-22(8-9-30(26)43)20-31(32(44)42-18-13-25(21-29(42)34(47)48)40-14-4-3-7-28(40)33(45)46)51-36(50)39-15-11-24(12-16-39)41-17-10-23-5-1-2-6-27(23)38-35(41)49/h1-2,5-6,8-9,19,24-25,28-29,31,43H,3-4,7,10-18,20-21H2,(H,38,49)(H,45,46)(H,47,48)/q+1/t25?,28?,29?,31-/m1/s1. The largest absolute Gasteiger partial charge is 0.507 e. The first-order chi connectivity index (χ1) is 24.5. The lowest BCUT2D eigenvalue weighted by Crippen LogP contribution is -2.62. The number of carbonyl (C=O) groups is 5. The molecular weight excluding hydrogens is 726 g/mol. The Morgan fingerprint density at radius 3 is 2.45 bits per heavy atom. The molecule has 51 heavy (non-hydrogen) atoms. The third-order valence-electron chi connectivity index (χ3n) is 10.7. The Bertz CT molecular complexity index is 1650. The summed E-state index contributed by atoms with van der Waals surface area (Å²) in [6, 6.07) is 9.85. The average Bonchev–Trinajstić information content (AvgIpc) is 3.30. The number of carboxylic acids is 2. The van der Waals surface area contributed by atoms with E-state index in [4.69, 9.17) is 4.74 Å². The molecule has 15 heteroatoms. The van der Waals surface area contributed by atoms with Gasteiger partial charge in [-0.05, 0) is 70.9 Å². The van der Waals surface area contributed by atoms with Crippen LogP contribution in [0, 0.1) is 0 Å². The monoisotopic (exact) mass is 769 g/mol. The van der Waals surface area contributed by atoms with Crippen LogP contribution >= 0.6 is 15.9 Å². The minimum Gasteiger partial charge on any atom is -0.507 e. The Morgan fingerprint density at radius 1 is 0.961 bits per heavy atom.